The van der Waals surface area contributed by atoms with Gasteiger partial charge in [-0.1, -0.05) is 30.3 Å². The number of rotatable bonds is 2. The van der Waals surface area contributed by atoms with E-state index in [0.717, 1.165) is 12.3 Å². The number of fused-ring (bicyclic) bond motifs is 1. The van der Waals surface area contributed by atoms with Crippen molar-refractivity contribution in [1.29, 1.82) is 0 Å². The molecule has 22 heavy (non-hydrogen) atoms. The number of benzene rings is 2. The lowest BCUT2D eigenvalue weighted by Gasteiger charge is -2.22. The maximum atomic E-state index is 6.15. The SMILES string of the molecule is COc1cc2c(cc1N)C(c1ccccc1)NCC(C)(C)S2. The van der Waals surface area contributed by atoms with E-state index in [9.17, 15) is 0 Å². The van der Waals surface area contributed by atoms with E-state index in [0.29, 0.717) is 5.69 Å². The van der Waals surface area contributed by atoms with Gasteiger partial charge in [-0.05, 0) is 37.1 Å². The van der Waals surface area contributed by atoms with Crippen LogP contribution in [0.1, 0.15) is 31.0 Å². The summed E-state index contributed by atoms with van der Waals surface area (Å²) in [5, 5.41) is 3.69. The van der Waals surface area contributed by atoms with Gasteiger partial charge in [0.15, 0.2) is 0 Å². The fraction of sp³-hybridized carbons (Fsp3) is 0.333. The summed E-state index contributed by atoms with van der Waals surface area (Å²) in [7, 11) is 1.66. The number of anilines is 1. The zero-order chi connectivity index (χ0) is 15.7. The van der Waals surface area contributed by atoms with Crippen LogP contribution in [0.25, 0.3) is 0 Å². The summed E-state index contributed by atoms with van der Waals surface area (Å²) < 4.78 is 5.51. The van der Waals surface area contributed by atoms with Gasteiger partial charge in [0.05, 0.1) is 18.8 Å². The highest BCUT2D eigenvalue weighted by molar-refractivity contribution is 8.00. The number of hydrogen-bond donors (Lipinski definition) is 2. The smallest absolute Gasteiger partial charge is 0.142 e. The van der Waals surface area contributed by atoms with Crippen LogP contribution in [0.2, 0.25) is 0 Å². The van der Waals surface area contributed by atoms with Crippen LogP contribution in [0.3, 0.4) is 0 Å². The van der Waals surface area contributed by atoms with E-state index >= 15 is 0 Å². The van der Waals surface area contributed by atoms with Crippen molar-refractivity contribution in [2.24, 2.45) is 0 Å². The fourth-order valence-electron chi connectivity index (χ4n) is 2.82. The number of nitrogen functional groups attached to an aromatic ring is 1. The van der Waals surface area contributed by atoms with Gasteiger partial charge in [-0.15, -0.1) is 11.8 Å². The molecule has 3 N–H and O–H groups in total. The maximum absolute atomic E-state index is 6.15. The Morgan fingerprint density at radius 3 is 2.64 bits per heavy atom. The molecule has 3 rings (SSSR count). The quantitative estimate of drug-likeness (QED) is 0.827. The normalized spacial score (nSPS) is 20.0. The average Bonchev–Trinajstić information content (AvgIpc) is 2.62. The minimum Gasteiger partial charge on any atom is -0.495 e. The number of thioether (sulfide) groups is 1. The van der Waals surface area contributed by atoms with Crippen LogP contribution >= 0.6 is 11.8 Å². The van der Waals surface area contributed by atoms with Crippen LogP contribution in [0, 0.1) is 0 Å². The second-order valence-electron chi connectivity index (χ2n) is 6.22. The molecule has 2 aromatic carbocycles. The standard InChI is InChI=1S/C18H22N2OS/c1-18(2)11-20-17(12-7-5-4-6-8-12)13-9-14(19)15(21-3)10-16(13)22-18/h4-10,17,20H,11,19H2,1-3H3. The van der Waals surface area contributed by atoms with Gasteiger partial charge in [0.1, 0.15) is 5.75 Å². The fourth-order valence-corrected chi connectivity index (χ4v) is 4.03. The third-order valence-corrected chi connectivity index (χ3v) is 5.19. The number of nitrogens with one attached hydrogen (secondary N) is 1. The summed E-state index contributed by atoms with van der Waals surface area (Å²) >= 11 is 1.87. The minimum absolute atomic E-state index is 0.111. The van der Waals surface area contributed by atoms with Gasteiger partial charge >= 0.3 is 0 Å². The van der Waals surface area contributed by atoms with E-state index in [1.165, 1.54) is 16.0 Å². The van der Waals surface area contributed by atoms with Crippen LogP contribution in [0.15, 0.2) is 47.4 Å². The minimum atomic E-state index is 0.111. The average molecular weight is 314 g/mol. The Morgan fingerprint density at radius 2 is 1.95 bits per heavy atom. The predicted molar refractivity (Wildman–Crippen MR) is 93.6 cm³/mol. The molecule has 1 atom stereocenters. The van der Waals surface area contributed by atoms with Crippen LogP contribution in [-0.2, 0) is 0 Å². The van der Waals surface area contributed by atoms with Crippen molar-refractivity contribution in [2.75, 3.05) is 19.4 Å². The highest BCUT2D eigenvalue weighted by atomic mass is 32.2. The van der Waals surface area contributed by atoms with Crippen molar-refractivity contribution in [3.05, 3.63) is 53.6 Å². The molecule has 0 aromatic heterocycles. The first-order chi connectivity index (χ1) is 10.5. The zero-order valence-corrected chi connectivity index (χ0v) is 14.0. The van der Waals surface area contributed by atoms with Crippen LogP contribution < -0.4 is 15.8 Å². The molecule has 4 heteroatoms. The highest BCUT2D eigenvalue weighted by Crippen LogP contribution is 2.44. The second kappa shape index (κ2) is 5.86. The Labute approximate surface area is 136 Å². The van der Waals surface area contributed by atoms with E-state index in [4.69, 9.17) is 10.5 Å². The Hall–Kier alpha value is -1.65. The van der Waals surface area contributed by atoms with Gasteiger partial charge in [-0.2, -0.15) is 0 Å². The van der Waals surface area contributed by atoms with E-state index in [1.54, 1.807) is 7.11 Å². The van der Waals surface area contributed by atoms with E-state index in [1.807, 2.05) is 23.9 Å². The van der Waals surface area contributed by atoms with Crippen molar-refractivity contribution < 1.29 is 4.74 Å². The van der Waals surface area contributed by atoms with E-state index in [2.05, 4.69) is 49.5 Å². The van der Waals surface area contributed by atoms with Gasteiger partial charge in [0, 0.05) is 16.2 Å². The van der Waals surface area contributed by atoms with Crippen molar-refractivity contribution in [2.45, 2.75) is 29.5 Å². The molecular weight excluding hydrogens is 292 g/mol. The van der Waals surface area contributed by atoms with Crippen LogP contribution in [0.4, 0.5) is 5.69 Å². The monoisotopic (exact) mass is 314 g/mol. The molecule has 0 saturated heterocycles. The summed E-state index contributed by atoms with van der Waals surface area (Å²) in [6, 6.07) is 14.8. The molecule has 0 spiro atoms. The molecule has 0 radical (unpaired) electrons. The van der Waals surface area contributed by atoms with Gasteiger partial charge in [-0.25, -0.2) is 0 Å². The lowest BCUT2D eigenvalue weighted by Crippen LogP contribution is -2.32. The Bertz CT molecular complexity index is 670. The maximum Gasteiger partial charge on any atom is 0.142 e. The predicted octanol–water partition coefficient (Wildman–Crippen LogP) is 3.84. The largest absolute Gasteiger partial charge is 0.495 e. The van der Waals surface area contributed by atoms with Gasteiger partial charge in [0.2, 0.25) is 0 Å². The molecule has 0 saturated carbocycles. The van der Waals surface area contributed by atoms with Gasteiger partial charge < -0.3 is 15.8 Å². The molecule has 1 aliphatic rings. The third kappa shape index (κ3) is 2.94. The van der Waals surface area contributed by atoms with E-state index in [-0.39, 0.29) is 10.8 Å². The topological polar surface area (TPSA) is 47.3 Å². The Kier molecular flexibility index (Phi) is 4.06. The van der Waals surface area contributed by atoms with Crippen molar-refractivity contribution in [1.82, 2.24) is 5.32 Å². The summed E-state index contributed by atoms with van der Waals surface area (Å²) in [5.41, 5.74) is 9.31. The van der Waals surface area contributed by atoms with Crippen molar-refractivity contribution in [3.8, 4) is 5.75 Å². The molecule has 0 amide bonds. The summed E-state index contributed by atoms with van der Waals surface area (Å²) in [4.78, 5) is 1.23. The lowest BCUT2D eigenvalue weighted by atomic mass is 9.97. The first kappa shape index (κ1) is 15.3. The summed E-state index contributed by atoms with van der Waals surface area (Å²) in [6.07, 6.45) is 0. The number of ether oxygens (including phenoxy) is 1. The molecular formula is C18H22N2OS. The molecule has 2 aromatic rings. The van der Waals surface area contributed by atoms with Crippen molar-refractivity contribution in [3.63, 3.8) is 0 Å². The molecule has 0 bridgehead atoms. The molecule has 1 heterocycles. The van der Waals surface area contributed by atoms with Gasteiger partial charge in [0.25, 0.3) is 0 Å². The Balaban J connectivity index is 2.14. The Morgan fingerprint density at radius 1 is 1.23 bits per heavy atom. The molecule has 1 unspecified atom stereocenters. The first-order valence-corrected chi connectivity index (χ1v) is 8.26. The lowest BCUT2D eigenvalue weighted by molar-refractivity contribution is 0.415. The molecule has 0 fully saturated rings. The molecule has 1 aliphatic heterocycles. The summed E-state index contributed by atoms with van der Waals surface area (Å²) in [5.74, 6) is 0.746. The van der Waals surface area contributed by atoms with Gasteiger partial charge in [-0.3, -0.25) is 0 Å². The highest BCUT2D eigenvalue weighted by Gasteiger charge is 2.30. The summed E-state index contributed by atoms with van der Waals surface area (Å²) in [6.45, 7) is 5.43. The molecule has 116 valence electrons. The van der Waals surface area contributed by atoms with Crippen LogP contribution in [-0.4, -0.2) is 18.4 Å². The molecule has 3 nitrogen and oxygen atoms in total. The van der Waals surface area contributed by atoms with Crippen molar-refractivity contribution >= 4 is 17.4 Å². The number of hydrogen-bond acceptors (Lipinski definition) is 4. The van der Waals surface area contributed by atoms with Crippen LogP contribution in [0.5, 0.6) is 5.75 Å². The molecule has 0 aliphatic carbocycles. The van der Waals surface area contributed by atoms with E-state index < -0.39 is 0 Å². The first-order valence-electron chi connectivity index (χ1n) is 7.45. The number of nitrogens with two attached hydrogens (primary N) is 1. The second-order valence-corrected chi connectivity index (χ2v) is 7.97. The number of methoxy groups -OCH3 is 1. The zero-order valence-electron chi connectivity index (χ0n) is 13.2. The third-order valence-electron chi connectivity index (χ3n) is 3.92.